The van der Waals surface area contributed by atoms with Gasteiger partial charge in [0.15, 0.2) is 0 Å². The molecule has 4 rings (SSSR count). The number of nitrogens with one attached hydrogen (secondary N) is 1. The Morgan fingerprint density at radius 3 is 3.00 bits per heavy atom. The molecule has 0 aromatic carbocycles. The van der Waals surface area contributed by atoms with Crippen LogP contribution in [-0.4, -0.2) is 30.6 Å². The van der Waals surface area contributed by atoms with E-state index >= 15 is 0 Å². The molecule has 1 aliphatic carbocycles. The number of nitrogens with zero attached hydrogens (tertiary/aromatic N) is 5. The fourth-order valence-corrected chi connectivity index (χ4v) is 2.64. The summed E-state index contributed by atoms with van der Waals surface area (Å²) in [5.41, 5.74) is 3.26. The fraction of sp³-hybridized carbons (Fsp3) is 0.400. The molecule has 6 nitrogen and oxygen atoms in total. The fourth-order valence-electron chi connectivity index (χ4n) is 2.64. The van der Waals surface area contributed by atoms with Crippen molar-refractivity contribution < 1.29 is 0 Å². The van der Waals surface area contributed by atoms with E-state index in [-0.39, 0.29) is 0 Å². The SMILES string of the molecule is Cn1cc(Cn2cc(CNC3CC3)c3cccnc32)nn1. The third kappa shape index (κ3) is 2.54. The lowest BCUT2D eigenvalue weighted by molar-refractivity contribution is 0.686. The molecule has 21 heavy (non-hydrogen) atoms. The van der Waals surface area contributed by atoms with Gasteiger partial charge in [0.25, 0.3) is 0 Å². The number of aromatic nitrogens is 5. The first-order chi connectivity index (χ1) is 10.3. The second-order valence-corrected chi connectivity index (χ2v) is 5.70. The Morgan fingerprint density at radius 2 is 2.24 bits per heavy atom. The highest BCUT2D eigenvalue weighted by molar-refractivity contribution is 5.80. The van der Waals surface area contributed by atoms with Gasteiger partial charge in [0.2, 0.25) is 0 Å². The Bertz CT molecular complexity index is 767. The highest BCUT2D eigenvalue weighted by Crippen LogP contribution is 2.23. The van der Waals surface area contributed by atoms with Crippen molar-refractivity contribution in [1.82, 2.24) is 29.9 Å². The molecule has 0 aliphatic heterocycles. The maximum absolute atomic E-state index is 4.53. The summed E-state index contributed by atoms with van der Waals surface area (Å²) in [6.07, 6.45) is 8.57. The second kappa shape index (κ2) is 4.96. The molecule has 108 valence electrons. The molecular formula is C15H18N6. The lowest BCUT2D eigenvalue weighted by Gasteiger charge is -2.00. The molecule has 0 radical (unpaired) electrons. The van der Waals surface area contributed by atoms with E-state index in [1.165, 1.54) is 23.8 Å². The van der Waals surface area contributed by atoms with Crippen LogP contribution in [0.15, 0.2) is 30.7 Å². The number of rotatable bonds is 5. The van der Waals surface area contributed by atoms with E-state index in [1.54, 1.807) is 4.68 Å². The minimum Gasteiger partial charge on any atom is -0.326 e. The molecule has 1 fully saturated rings. The van der Waals surface area contributed by atoms with E-state index in [4.69, 9.17) is 0 Å². The zero-order valence-corrected chi connectivity index (χ0v) is 12.0. The van der Waals surface area contributed by atoms with Crippen molar-refractivity contribution >= 4 is 11.0 Å². The Hall–Kier alpha value is -2.21. The summed E-state index contributed by atoms with van der Waals surface area (Å²) in [6.45, 7) is 1.60. The van der Waals surface area contributed by atoms with Crippen molar-refractivity contribution in [3.8, 4) is 0 Å². The number of hydrogen-bond acceptors (Lipinski definition) is 4. The van der Waals surface area contributed by atoms with Gasteiger partial charge >= 0.3 is 0 Å². The van der Waals surface area contributed by atoms with Crippen molar-refractivity contribution in [2.45, 2.75) is 32.0 Å². The Balaban J connectivity index is 1.66. The van der Waals surface area contributed by atoms with Gasteiger partial charge in [-0.1, -0.05) is 5.21 Å². The van der Waals surface area contributed by atoms with Crippen molar-refractivity contribution in [2.24, 2.45) is 7.05 Å². The lowest BCUT2D eigenvalue weighted by atomic mass is 10.2. The summed E-state index contributed by atoms with van der Waals surface area (Å²) < 4.78 is 3.88. The zero-order chi connectivity index (χ0) is 14.2. The van der Waals surface area contributed by atoms with Gasteiger partial charge in [0, 0.05) is 43.6 Å². The summed E-state index contributed by atoms with van der Waals surface area (Å²) in [5, 5.41) is 12.9. The molecular weight excluding hydrogens is 264 g/mol. The van der Waals surface area contributed by atoms with Gasteiger partial charge in [0.1, 0.15) is 11.3 Å². The smallest absolute Gasteiger partial charge is 0.140 e. The van der Waals surface area contributed by atoms with E-state index in [1.807, 2.05) is 25.5 Å². The first-order valence-corrected chi connectivity index (χ1v) is 7.31. The van der Waals surface area contributed by atoms with Crippen LogP contribution in [0.2, 0.25) is 0 Å². The summed E-state index contributed by atoms with van der Waals surface area (Å²) in [4.78, 5) is 4.53. The van der Waals surface area contributed by atoms with Gasteiger partial charge in [-0.15, -0.1) is 5.10 Å². The second-order valence-electron chi connectivity index (χ2n) is 5.70. The van der Waals surface area contributed by atoms with Crippen LogP contribution in [0.5, 0.6) is 0 Å². The normalized spacial score (nSPS) is 14.9. The van der Waals surface area contributed by atoms with Crippen LogP contribution >= 0.6 is 0 Å². The highest BCUT2D eigenvalue weighted by Gasteiger charge is 2.21. The Morgan fingerprint density at radius 1 is 1.33 bits per heavy atom. The highest BCUT2D eigenvalue weighted by atomic mass is 15.4. The molecule has 1 saturated carbocycles. The van der Waals surface area contributed by atoms with Crippen LogP contribution in [0.3, 0.4) is 0 Å². The molecule has 1 N–H and O–H groups in total. The molecule has 6 heteroatoms. The number of aryl methyl sites for hydroxylation is 1. The molecule has 3 aromatic heterocycles. The molecule has 0 spiro atoms. The summed E-state index contributed by atoms with van der Waals surface area (Å²) in [7, 11) is 1.88. The van der Waals surface area contributed by atoms with Gasteiger partial charge in [-0.05, 0) is 30.5 Å². The average molecular weight is 282 g/mol. The van der Waals surface area contributed by atoms with E-state index < -0.39 is 0 Å². The van der Waals surface area contributed by atoms with E-state index in [9.17, 15) is 0 Å². The van der Waals surface area contributed by atoms with Crippen LogP contribution in [-0.2, 0) is 20.1 Å². The Labute approximate surface area is 122 Å². The van der Waals surface area contributed by atoms with Crippen molar-refractivity contribution in [1.29, 1.82) is 0 Å². The van der Waals surface area contributed by atoms with Gasteiger partial charge in [-0.3, -0.25) is 4.68 Å². The van der Waals surface area contributed by atoms with Gasteiger partial charge in [-0.2, -0.15) is 0 Å². The summed E-state index contributed by atoms with van der Waals surface area (Å²) >= 11 is 0. The molecule has 1 aliphatic rings. The third-order valence-electron chi connectivity index (χ3n) is 3.86. The molecule has 0 saturated heterocycles. The molecule has 0 bridgehead atoms. The van der Waals surface area contributed by atoms with Gasteiger partial charge < -0.3 is 9.88 Å². The molecule has 0 atom stereocenters. The minimum absolute atomic E-state index is 0.699. The molecule has 3 heterocycles. The Kier molecular flexibility index (Phi) is 2.96. The van der Waals surface area contributed by atoms with E-state index in [0.29, 0.717) is 12.6 Å². The van der Waals surface area contributed by atoms with Crippen molar-refractivity contribution in [3.05, 3.63) is 42.0 Å². The minimum atomic E-state index is 0.699. The lowest BCUT2D eigenvalue weighted by Crippen LogP contribution is -2.14. The van der Waals surface area contributed by atoms with Gasteiger partial charge in [-0.25, -0.2) is 4.98 Å². The standard InChI is InChI=1S/C15H18N6/c1-20-9-13(18-19-20)10-21-8-11(7-17-12-4-5-12)14-3-2-6-16-15(14)21/h2-3,6,8-9,12,17H,4-5,7,10H2,1H3. The van der Waals surface area contributed by atoms with Crippen LogP contribution in [0.4, 0.5) is 0 Å². The third-order valence-corrected chi connectivity index (χ3v) is 3.86. The average Bonchev–Trinajstić information content (AvgIpc) is 3.15. The monoisotopic (exact) mass is 282 g/mol. The molecule has 0 unspecified atom stereocenters. The zero-order valence-electron chi connectivity index (χ0n) is 12.0. The quantitative estimate of drug-likeness (QED) is 0.770. The van der Waals surface area contributed by atoms with Gasteiger partial charge in [0.05, 0.1) is 6.54 Å². The number of pyridine rings is 1. The summed E-state index contributed by atoms with van der Waals surface area (Å²) in [5.74, 6) is 0. The van der Waals surface area contributed by atoms with E-state index in [0.717, 1.165) is 17.9 Å². The van der Waals surface area contributed by atoms with Crippen LogP contribution in [0.1, 0.15) is 24.1 Å². The predicted molar refractivity (Wildman–Crippen MR) is 79.7 cm³/mol. The summed E-state index contributed by atoms with van der Waals surface area (Å²) in [6, 6.07) is 4.84. The van der Waals surface area contributed by atoms with Crippen LogP contribution in [0, 0.1) is 0 Å². The molecule has 3 aromatic rings. The topological polar surface area (TPSA) is 60.6 Å². The van der Waals surface area contributed by atoms with E-state index in [2.05, 4.69) is 37.4 Å². The number of hydrogen-bond donors (Lipinski definition) is 1. The largest absolute Gasteiger partial charge is 0.326 e. The van der Waals surface area contributed by atoms with Crippen molar-refractivity contribution in [3.63, 3.8) is 0 Å². The first kappa shape index (κ1) is 12.5. The number of fused-ring (bicyclic) bond motifs is 1. The van der Waals surface area contributed by atoms with Crippen LogP contribution in [0.25, 0.3) is 11.0 Å². The predicted octanol–water partition coefficient (Wildman–Crippen LogP) is 1.47. The van der Waals surface area contributed by atoms with Crippen molar-refractivity contribution in [2.75, 3.05) is 0 Å². The maximum atomic E-state index is 4.53. The maximum Gasteiger partial charge on any atom is 0.140 e. The first-order valence-electron chi connectivity index (χ1n) is 7.31. The molecule has 0 amide bonds. The van der Waals surface area contributed by atoms with Crippen LogP contribution < -0.4 is 5.32 Å².